The van der Waals surface area contributed by atoms with Gasteiger partial charge in [0.25, 0.3) is 5.91 Å². The maximum atomic E-state index is 13.8. The summed E-state index contributed by atoms with van der Waals surface area (Å²) in [6, 6.07) is 2.23. The smallest absolute Gasteiger partial charge is 0.320 e. The summed E-state index contributed by atoms with van der Waals surface area (Å²) in [5, 5.41) is 8.19. The Labute approximate surface area is 226 Å². The van der Waals surface area contributed by atoms with Crippen LogP contribution in [0, 0.1) is 5.41 Å². The number of cyclic esters (lactones) is 1. The number of urea groups is 1. The van der Waals surface area contributed by atoms with E-state index in [4.69, 9.17) is 21.1 Å². The van der Waals surface area contributed by atoms with Gasteiger partial charge in [-0.1, -0.05) is 32.4 Å². The number of anilines is 1. The summed E-state index contributed by atoms with van der Waals surface area (Å²) in [6.07, 6.45) is -0.471. The minimum atomic E-state index is -0.938. The number of halogens is 1. The van der Waals surface area contributed by atoms with Gasteiger partial charge in [-0.2, -0.15) is 0 Å². The van der Waals surface area contributed by atoms with Gasteiger partial charge in [-0.05, 0) is 43.4 Å². The Morgan fingerprint density at radius 1 is 1.24 bits per heavy atom. The van der Waals surface area contributed by atoms with Crippen LogP contribution in [-0.4, -0.2) is 72.1 Å². The van der Waals surface area contributed by atoms with Crippen LogP contribution in [0.5, 0.6) is 0 Å². The van der Waals surface area contributed by atoms with Gasteiger partial charge in [0.05, 0.1) is 29.1 Å². The number of hydrogen-bond acceptors (Lipinski definition) is 7. The second kappa shape index (κ2) is 12.1. The highest BCUT2D eigenvalue weighted by atomic mass is 35.5. The normalized spacial score (nSPS) is 22.0. The van der Waals surface area contributed by atoms with E-state index in [2.05, 4.69) is 16.0 Å². The van der Waals surface area contributed by atoms with E-state index in [1.165, 1.54) is 24.0 Å². The number of benzene rings is 1. The van der Waals surface area contributed by atoms with Crippen molar-refractivity contribution in [1.82, 2.24) is 15.5 Å². The van der Waals surface area contributed by atoms with Crippen LogP contribution in [0.25, 0.3) is 0 Å². The first-order valence-electron chi connectivity index (χ1n) is 12.6. The number of carbonyl (C=O) groups excluding carboxylic acids is 5. The molecule has 0 spiro atoms. The van der Waals surface area contributed by atoms with Gasteiger partial charge in [-0.15, -0.1) is 0 Å². The molecule has 0 bridgehead atoms. The molecule has 4 atom stereocenters. The number of amides is 4. The zero-order valence-electron chi connectivity index (χ0n) is 22.3. The fourth-order valence-electron chi connectivity index (χ4n) is 4.63. The quantitative estimate of drug-likeness (QED) is 0.422. The Balaban J connectivity index is 1.75. The molecule has 1 aromatic rings. The maximum Gasteiger partial charge on any atom is 0.320 e. The van der Waals surface area contributed by atoms with Gasteiger partial charge in [0, 0.05) is 25.8 Å². The Morgan fingerprint density at radius 2 is 1.95 bits per heavy atom. The van der Waals surface area contributed by atoms with E-state index in [1.807, 2.05) is 20.8 Å². The van der Waals surface area contributed by atoms with Crippen LogP contribution in [0.4, 0.5) is 10.5 Å². The Hall–Kier alpha value is -3.18. The molecule has 208 valence electrons. The van der Waals surface area contributed by atoms with Crippen molar-refractivity contribution < 1.29 is 33.4 Å². The molecule has 11 nitrogen and oxygen atoms in total. The molecule has 2 aliphatic rings. The Morgan fingerprint density at radius 3 is 2.55 bits per heavy atom. The lowest BCUT2D eigenvalue weighted by molar-refractivity contribution is -0.142. The van der Waals surface area contributed by atoms with E-state index < -0.39 is 47.7 Å². The molecule has 2 aliphatic heterocycles. The van der Waals surface area contributed by atoms with Crippen molar-refractivity contribution >= 4 is 46.9 Å². The predicted molar refractivity (Wildman–Crippen MR) is 140 cm³/mol. The number of likely N-dealkylation sites (tertiary alicyclic amines) is 1. The summed E-state index contributed by atoms with van der Waals surface area (Å²) in [6.45, 7) is 9.29. The molecule has 3 rings (SSSR count). The molecule has 2 saturated heterocycles. The monoisotopic (exact) mass is 550 g/mol. The van der Waals surface area contributed by atoms with Crippen LogP contribution >= 0.6 is 11.6 Å². The summed E-state index contributed by atoms with van der Waals surface area (Å²) < 4.78 is 10.7. The van der Waals surface area contributed by atoms with Crippen molar-refractivity contribution in [1.29, 1.82) is 0 Å². The van der Waals surface area contributed by atoms with Gasteiger partial charge in [-0.25, -0.2) is 4.79 Å². The second-order valence-electron chi connectivity index (χ2n) is 10.5. The summed E-state index contributed by atoms with van der Waals surface area (Å²) in [4.78, 5) is 64.5. The zero-order valence-corrected chi connectivity index (χ0v) is 23.0. The third-order valence-corrected chi connectivity index (χ3v) is 6.73. The number of hydrogen-bond donors (Lipinski definition) is 3. The molecular formula is C26H35ClN4O7. The Kier molecular flexibility index (Phi) is 9.37. The Bertz CT molecular complexity index is 1100. The van der Waals surface area contributed by atoms with E-state index in [9.17, 15) is 24.0 Å². The molecule has 0 unspecified atom stereocenters. The molecular weight excluding hydrogens is 516 g/mol. The lowest BCUT2D eigenvalue weighted by atomic mass is 9.81. The molecule has 1 aromatic carbocycles. The fraction of sp³-hybridized carbons (Fsp3) is 0.577. The van der Waals surface area contributed by atoms with E-state index >= 15 is 0 Å². The molecule has 2 heterocycles. The van der Waals surface area contributed by atoms with E-state index in [0.29, 0.717) is 31.7 Å². The number of ether oxygens (including phenoxy) is 2. The lowest BCUT2D eigenvalue weighted by Gasteiger charge is -2.35. The van der Waals surface area contributed by atoms with Gasteiger partial charge in [0.1, 0.15) is 6.10 Å². The largest absolute Gasteiger partial charge is 0.439 e. The molecule has 2 fully saturated rings. The maximum absolute atomic E-state index is 13.8. The van der Waals surface area contributed by atoms with Crippen LogP contribution in [-0.2, 0) is 23.9 Å². The van der Waals surface area contributed by atoms with Gasteiger partial charge >= 0.3 is 12.0 Å². The van der Waals surface area contributed by atoms with Crippen LogP contribution in [0.3, 0.4) is 0 Å². The number of ketones is 1. The number of esters is 1. The molecule has 0 saturated carbocycles. The van der Waals surface area contributed by atoms with Crippen molar-refractivity contribution in [3.63, 3.8) is 0 Å². The fourth-order valence-corrected chi connectivity index (χ4v) is 4.89. The van der Waals surface area contributed by atoms with Crippen LogP contribution < -0.4 is 16.0 Å². The van der Waals surface area contributed by atoms with Crippen molar-refractivity contribution in [2.24, 2.45) is 5.41 Å². The predicted octanol–water partition coefficient (Wildman–Crippen LogP) is 2.86. The molecule has 0 aromatic heterocycles. The number of rotatable bonds is 8. The minimum absolute atomic E-state index is 0.0353. The van der Waals surface area contributed by atoms with Crippen LogP contribution in [0.1, 0.15) is 64.2 Å². The topological polar surface area (TPSA) is 143 Å². The van der Waals surface area contributed by atoms with Crippen molar-refractivity contribution in [3.8, 4) is 0 Å². The zero-order chi connectivity index (χ0) is 28.2. The third kappa shape index (κ3) is 7.02. The highest BCUT2D eigenvalue weighted by molar-refractivity contribution is 6.34. The summed E-state index contributed by atoms with van der Waals surface area (Å²) in [7, 11) is 0. The van der Waals surface area contributed by atoms with Gasteiger partial charge in [0.15, 0.2) is 5.78 Å². The number of nitrogens with zero attached hydrogens (tertiary/aromatic N) is 1. The summed E-state index contributed by atoms with van der Waals surface area (Å²) in [5.41, 5.74) is -0.0929. The average Bonchev–Trinajstić information content (AvgIpc) is 3.43. The van der Waals surface area contributed by atoms with Crippen LogP contribution in [0.2, 0.25) is 5.02 Å². The number of carbonyl (C=O) groups is 5. The highest BCUT2D eigenvalue weighted by Crippen LogP contribution is 2.28. The number of Topliss-reactive ketones (excluding diaryl/α,β-unsaturated/α-hetero) is 1. The van der Waals surface area contributed by atoms with Crippen molar-refractivity contribution in [2.75, 3.05) is 18.5 Å². The van der Waals surface area contributed by atoms with Crippen LogP contribution in [0.15, 0.2) is 18.2 Å². The summed E-state index contributed by atoms with van der Waals surface area (Å²) in [5.74, 6) is -1.61. The van der Waals surface area contributed by atoms with Gasteiger partial charge in [0.2, 0.25) is 12.1 Å². The first-order valence-corrected chi connectivity index (χ1v) is 13.0. The molecule has 12 heteroatoms. The SMILES string of the molecule is CCO[C@H]1CC(=O)O[C@H]1NC(=O)N1CCC[C@@H]1C(=O)[C@@H](NC(=O)c1ccc(NC(C)=O)cc1Cl)C(C)(C)C. The van der Waals surface area contributed by atoms with Crippen molar-refractivity contribution in [2.45, 2.75) is 78.3 Å². The van der Waals surface area contributed by atoms with E-state index in [1.54, 1.807) is 13.0 Å². The third-order valence-electron chi connectivity index (χ3n) is 6.41. The summed E-state index contributed by atoms with van der Waals surface area (Å²) >= 11 is 6.30. The second-order valence-corrected chi connectivity index (χ2v) is 10.9. The van der Waals surface area contributed by atoms with Crippen molar-refractivity contribution in [3.05, 3.63) is 28.8 Å². The minimum Gasteiger partial charge on any atom is -0.439 e. The average molecular weight is 551 g/mol. The first-order chi connectivity index (χ1) is 17.8. The first kappa shape index (κ1) is 29.4. The number of nitrogens with one attached hydrogen (secondary N) is 3. The molecule has 38 heavy (non-hydrogen) atoms. The standard InChI is InChI=1S/C26H35ClN4O7/c1-6-37-19-13-20(33)38-24(19)30-25(36)31-11-7-8-18(31)21(34)22(26(3,4)5)29-23(35)16-10-9-15(12-17(16)27)28-14(2)32/h9-10,12,18-19,22,24H,6-8,11,13H2,1-5H3,(H,28,32)(H,29,35)(H,30,36)/t18-,19+,22-,24-/m1/s1. The highest BCUT2D eigenvalue weighted by Gasteiger charge is 2.44. The van der Waals surface area contributed by atoms with Gasteiger partial charge in [-0.3, -0.25) is 19.2 Å². The lowest BCUT2D eigenvalue weighted by Crippen LogP contribution is -2.58. The molecule has 0 aliphatic carbocycles. The molecule has 0 radical (unpaired) electrons. The van der Waals surface area contributed by atoms with E-state index in [0.717, 1.165) is 0 Å². The molecule has 3 N–H and O–H groups in total. The molecule has 4 amide bonds. The van der Waals surface area contributed by atoms with Gasteiger partial charge < -0.3 is 30.3 Å². The van der Waals surface area contributed by atoms with E-state index in [-0.39, 0.29) is 28.7 Å².